The van der Waals surface area contributed by atoms with Gasteiger partial charge in [0.1, 0.15) is 5.75 Å². The number of pyridine rings is 1. The van der Waals surface area contributed by atoms with Crippen molar-refractivity contribution in [3.63, 3.8) is 0 Å². The number of rotatable bonds is 2. The van der Waals surface area contributed by atoms with Crippen LogP contribution < -0.4 is 10.2 Å². The molecule has 2 aromatic rings. The first-order valence-corrected chi connectivity index (χ1v) is 5.37. The molecule has 0 fully saturated rings. The zero-order valence-electron chi connectivity index (χ0n) is 9.76. The van der Waals surface area contributed by atoms with Crippen LogP contribution in [0.4, 0.5) is 0 Å². The van der Waals surface area contributed by atoms with E-state index in [4.69, 9.17) is 4.74 Å². The fourth-order valence-electron chi connectivity index (χ4n) is 2.04. The van der Waals surface area contributed by atoms with Crippen molar-refractivity contribution < 1.29 is 4.74 Å². The van der Waals surface area contributed by atoms with Crippen molar-refractivity contribution in [2.75, 3.05) is 7.11 Å². The predicted octanol–water partition coefficient (Wildman–Crippen LogP) is 2.41. The molecule has 1 N–H and O–H groups in total. The molecule has 0 amide bonds. The van der Waals surface area contributed by atoms with Gasteiger partial charge in [-0.05, 0) is 25.5 Å². The first kappa shape index (κ1) is 10.7. The maximum atomic E-state index is 12.2. The molecule has 0 saturated carbocycles. The van der Waals surface area contributed by atoms with Gasteiger partial charge in [0.15, 0.2) is 5.43 Å². The molecule has 1 heterocycles. The zero-order chi connectivity index (χ0) is 11.7. The largest absolute Gasteiger partial charge is 0.495 e. The van der Waals surface area contributed by atoms with Crippen LogP contribution >= 0.6 is 0 Å². The summed E-state index contributed by atoms with van der Waals surface area (Å²) in [5.41, 5.74) is 2.66. The molecule has 1 aromatic heterocycles. The quantitative estimate of drug-likeness (QED) is 0.839. The van der Waals surface area contributed by atoms with Crippen molar-refractivity contribution in [3.05, 3.63) is 39.7 Å². The van der Waals surface area contributed by atoms with Crippen molar-refractivity contribution in [3.8, 4) is 5.75 Å². The predicted molar refractivity (Wildman–Crippen MR) is 65.2 cm³/mol. The lowest BCUT2D eigenvalue weighted by Gasteiger charge is -2.09. The highest BCUT2D eigenvalue weighted by Crippen LogP contribution is 2.22. The van der Waals surface area contributed by atoms with Gasteiger partial charge in [-0.1, -0.05) is 13.0 Å². The third kappa shape index (κ3) is 1.48. The van der Waals surface area contributed by atoms with E-state index in [0.717, 1.165) is 23.2 Å². The molecule has 0 aliphatic heterocycles. The number of H-pyrrole nitrogens is 1. The van der Waals surface area contributed by atoms with Crippen molar-refractivity contribution in [2.24, 2.45) is 0 Å². The molecule has 0 bridgehead atoms. The van der Waals surface area contributed by atoms with Gasteiger partial charge >= 0.3 is 0 Å². The fraction of sp³-hybridized carbons (Fsp3) is 0.308. The van der Waals surface area contributed by atoms with Crippen LogP contribution in [0.3, 0.4) is 0 Å². The van der Waals surface area contributed by atoms with Crippen LogP contribution in [0.2, 0.25) is 0 Å². The Bertz CT molecular complexity index is 584. The van der Waals surface area contributed by atoms with Crippen LogP contribution in [0.1, 0.15) is 18.2 Å². The van der Waals surface area contributed by atoms with Gasteiger partial charge in [-0.3, -0.25) is 4.79 Å². The van der Waals surface area contributed by atoms with Gasteiger partial charge in [0.05, 0.1) is 12.6 Å². The smallest absolute Gasteiger partial charge is 0.192 e. The van der Waals surface area contributed by atoms with Crippen molar-refractivity contribution in [1.82, 2.24) is 4.98 Å². The van der Waals surface area contributed by atoms with Gasteiger partial charge in [-0.15, -0.1) is 0 Å². The molecule has 0 aliphatic carbocycles. The third-order valence-corrected chi connectivity index (χ3v) is 2.88. The molecular weight excluding hydrogens is 202 g/mol. The molecule has 0 saturated heterocycles. The molecular formula is C13H15NO2. The fourth-order valence-corrected chi connectivity index (χ4v) is 2.04. The number of nitrogens with one attached hydrogen (secondary N) is 1. The number of fused-ring (bicyclic) bond motifs is 1. The van der Waals surface area contributed by atoms with Gasteiger partial charge < -0.3 is 9.72 Å². The zero-order valence-corrected chi connectivity index (χ0v) is 9.76. The first-order valence-electron chi connectivity index (χ1n) is 5.37. The lowest BCUT2D eigenvalue weighted by Crippen LogP contribution is -2.12. The van der Waals surface area contributed by atoms with Crippen LogP contribution in [-0.4, -0.2) is 12.1 Å². The summed E-state index contributed by atoms with van der Waals surface area (Å²) in [4.78, 5) is 15.4. The van der Waals surface area contributed by atoms with Gasteiger partial charge in [0.2, 0.25) is 0 Å². The Hall–Kier alpha value is -1.77. The number of para-hydroxylation sites is 1. The second-order valence-corrected chi connectivity index (χ2v) is 3.79. The number of aryl methyl sites for hydroxylation is 1. The average molecular weight is 217 g/mol. The lowest BCUT2D eigenvalue weighted by molar-refractivity contribution is 0.419. The SMILES string of the molecule is CCc1c(C)[nH]c2c(OC)cccc2c1=O. The maximum Gasteiger partial charge on any atom is 0.192 e. The van der Waals surface area contributed by atoms with Gasteiger partial charge in [-0.25, -0.2) is 0 Å². The summed E-state index contributed by atoms with van der Waals surface area (Å²) >= 11 is 0. The molecule has 1 aromatic carbocycles. The first-order chi connectivity index (χ1) is 7.69. The Kier molecular flexibility index (Phi) is 2.69. The molecule has 0 spiro atoms. The number of methoxy groups -OCH3 is 1. The van der Waals surface area contributed by atoms with Crippen LogP contribution in [0.15, 0.2) is 23.0 Å². The summed E-state index contributed by atoms with van der Waals surface area (Å²) in [7, 11) is 1.61. The van der Waals surface area contributed by atoms with Gasteiger partial charge in [0, 0.05) is 16.6 Å². The molecule has 2 rings (SSSR count). The molecule has 0 atom stereocenters. The topological polar surface area (TPSA) is 42.1 Å². The van der Waals surface area contributed by atoms with Crippen LogP contribution in [0.5, 0.6) is 5.75 Å². The second-order valence-electron chi connectivity index (χ2n) is 3.79. The Morgan fingerprint density at radius 3 is 2.75 bits per heavy atom. The molecule has 0 aliphatic rings. The summed E-state index contributed by atoms with van der Waals surface area (Å²) in [6.45, 7) is 3.91. The summed E-state index contributed by atoms with van der Waals surface area (Å²) in [5.74, 6) is 0.709. The third-order valence-electron chi connectivity index (χ3n) is 2.88. The molecule has 84 valence electrons. The lowest BCUT2D eigenvalue weighted by atomic mass is 10.1. The van der Waals surface area contributed by atoms with Gasteiger partial charge in [0.25, 0.3) is 0 Å². The van der Waals surface area contributed by atoms with Crippen molar-refractivity contribution in [1.29, 1.82) is 0 Å². The highest BCUT2D eigenvalue weighted by Gasteiger charge is 2.10. The highest BCUT2D eigenvalue weighted by molar-refractivity contribution is 5.85. The summed E-state index contributed by atoms with van der Waals surface area (Å²) in [6.07, 6.45) is 0.744. The van der Waals surface area contributed by atoms with E-state index in [1.165, 1.54) is 0 Å². The Labute approximate surface area is 94.1 Å². The normalized spacial score (nSPS) is 10.7. The van der Waals surface area contributed by atoms with E-state index in [2.05, 4.69) is 4.98 Å². The molecule has 3 nitrogen and oxygen atoms in total. The number of benzene rings is 1. The summed E-state index contributed by atoms with van der Waals surface area (Å²) < 4.78 is 5.24. The van der Waals surface area contributed by atoms with E-state index in [1.54, 1.807) is 7.11 Å². The molecule has 16 heavy (non-hydrogen) atoms. The summed E-state index contributed by atoms with van der Waals surface area (Å²) in [6, 6.07) is 5.52. The number of aromatic nitrogens is 1. The van der Waals surface area contributed by atoms with E-state index in [1.807, 2.05) is 32.0 Å². The highest BCUT2D eigenvalue weighted by atomic mass is 16.5. The van der Waals surface area contributed by atoms with E-state index < -0.39 is 0 Å². The van der Waals surface area contributed by atoms with Crippen molar-refractivity contribution in [2.45, 2.75) is 20.3 Å². The molecule has 3 heteroatoms. The summed E-state index contributed by atoms with van der Waals surface area (Å²) in [5, 5.41) is 0.696. The van der Waals surface area contributed by atoms with Crippen LogP contribution in [0.25, 0.3) is 10.9 Å². The number of hydrogen-bond acceptors (Lipinski definition) is 2. The number of hydrogen-bond donors (Lipinski definition) is 1. The van der Waals surface area contributed by atoms with E-state index >= 15 is 0 Å². The van der Waals surface area contributed by atoms with Crippen molar-refractivity contribution >= 4 is 10.9 Å². The minimum absolute atomic E-state index is 0.104. The minimum atomic E-state index is 0.104. The maximum absolute atomic E-state index is 12.2. The van der Waals surface area contributed by atoms with E-state index in [-0.39, 0.29) is 5.43 Å². The monoisotopic (exact) mass is 217 g/mol. The standard InChI is InChI=1S/C13H15NO2/c1-4-9-8(2)14-12-10(13(9)15)6-5-7-11(12)16-3/h5-7H,4H2,1-3H3,(H,14,15). The van der Waals surface area contributed by atoms with E-state index in [0.29, 0.717) is 11.1 Å². The Balaban J connectivity index is 2.92. The Morgan fingerprint density at radius 2 is 2.12 bits per heavy atom. The van der Waals surface area contributed by atoms with Crippen LogP contribution in [-0.2, 0) is 6.42 Å². The number of ether oxygens (including phenoxy) is 1. The molecule has 0 unspecified atom stereocenters. The van der Waals surface area contributed by atoms with Crippen LogP contribution in [0, 0.1) is 6.92 Å². The minimum Gasteiger partial charge on any atom is -0.495 e. The number of aromatic amines is 1. The van der Waals surface area contributed by atoms with Gasteiger partial charge in [-0.2, -0.15) is 0 Å². The second kappa shape index (κ2) is 4.00. The Morgan fingerprint density at radius 1 is 1.38 bits per heavy atom. The molecule has 0 radical (unpaired) electrons. The van der Waals surface area contributed by atoms with E-state index in [9.17, 15) is 4.79 Å². The average Bonchev–Trinajstić information content (AvgIpc) is 2.29.